The van der Waals surface area contributed by atoms with Crippen molar-refractivity contribution in [2.75, 3.05) is 0 Å². The Balaban J connectivity index is -0.000000300. The van der Waals surface area contributed by atoms with Crippen molar-refractivity contribution in [3.63, 3.8) is 0 Å². The Hall–Kier alpha value is 0.900. The van der Waals surface area contributed by atoms with Gasteiger partial charge in [0.25, 0.3) is 0 Å². The average molecular weight is 565 g/mol. The molecule has 214 valence electrons. The molecule has 0 spiro atoms. The van der Waals surface area contributed by atoms with Gasteiger partial charge in [-0.1, -0.05) is 122 Å². The molecule has 0 aliphatic rings. The number of rotatable bonds is 25. The molecular weight excluding hydrogens is 503 g/mol. The summed E-state index contributed by atoms with van der Waals surface area (Å²) in [6, 6.07) is 0. The number of hydrogen-bond donors (Lipinski definition) is 3. The summed E-state index contributed by atoms with van der Waals surface area (Å²) in [5, 5.41) is 26.7. The average Bonchev–Trinajstić information content (AvgIpc) is 2.82. The molecule has 1 unspecified atom stereocenters. The van der Waals surface area contributed by atoms with Crippen molar-refractivity contribution < 1.29 is 24.9 Å². The molecule has 7 heteroatoms. The van der Waals surface area contributed by atoms with Crippen LogP contribution in [0.5, 0.6) is 0 Å². The number of carbonyl (C=O) groups is 2. The molecule has 0 amide bonds. The van der Waals surface area contributed by atoms with E-state index in [9.17, 15) is 14.7 Å². The van der Waals surface area contributed by atoms with Crippen LogP contribution in [0.2, 0.25) is 0 Å². The minimum atomic E-state index is -0.689. The van der Waals surface area contributed by atoms with Crippen LogP contribution < -0.4 is 0 Å². The summed E-state index contributed by atoms with van der Waals surface area (Å²) in [6.45, 7) is 4.43. The van der Waals surface area contributed by atoms with Crippen LogP contribution in [0.4, 0.5) is 0 Å². The van der Waals surface area contributed by atoms with Crippen LogP contribution in [0, 0.1) is 0 Å². The number of hydrogen-bond acceptors (Lipinski definition) is 3. The van der Waals surface area contributed by atoms with E-state index in [1.54, 1.807) is 0 Å². The van der Waals surface area contributed by atoms with Crippen molar-refractivity contribution in [3.8, 4) is 0 Å². The SMILES string of the molecule is CCCCCCC(O)C/C=C\CCCCCCCC(=O)O.CCCCCCCCCCCC(=O)O.[CaH2].[NaH]. The molecule has 0 radical (unpaired) electrons. The van der Waals surface area contributed by atoms with Crippen LogP contribution in [0.25, 0.3) is 0 Å². The van der Waals surface area contributed by atoms with E-state index in [1.807, 2.05) is 0 Å². The van der Waals surface area contributed by atoms with Gasteiger partial charge in [-0.3, -0.25) is 9.59 Å². The second-order valence-electron chi connectivity index (χ2n) is 9.88. The topological polar surface area (TPSA) is 94.8 Å². The Kier molecular flexibility index (Phi) is 47.4. The molecule has 3 N–H and O–H groups in total. The van der Waals surface area contributed by atoms with Crippen LogP contribution in [-0.4, -0.2) is 101 Å². The Labute approximate surface area is 281 Å². The van der Waals surface area contributed by atoms with Gasteiger partial charge in [0, 0.05) is 12.8 Å². The second kappa shape index (κ2) is 39.0. The maximum absolute atomic E-state index is 10.3. The number of aliphatic hydroxyl groups excluding tert-OH is 1. The van der Waals surface area contributed by atoms with Gasteiger partial charge in [-0.05, 0) is 38.5 Å². The fraction of sp³-hybridized carbons (Fsp3) is 0.867. The van der Waals surface area contributed by atoms with Crippen LogP contribution in [-0.2, 0) is 9.59 Å². The molecule has 0 bridgehead atoms. The first-order chi connectivity index (χ1) is 16.9. The van der Waals surface area contributed by atoms with Crippen LogP contribution in [0.15, 0.2) is 12.2 Å². The monoisotopic (exact) mass is 564 g/mol. The van der Waals surface area contributed by atoms with E-state index in [4.69, 9.17) is 10.2 Å². The maximum atomic E-state index is 10.3. The first-order valence-corrected chi connectivity index (χ1v) is 14.7. The molecular formula is C30H61CaNaO5. The molecule has 0 saturated carbocycles. The predicted octanol–water partition coefficient (Wildman–Crippen LogP) is 7.51. The molecule has 37 heavy (non-hydrogen) atoms. The minimum absolute atomic E-state index is 0. The molecule has 1 atom stereocenters. The van der Waals surface area contributed by atoms with E-state index in [1.165, 1.54) is 70.6 Å². The normalized spacial score (nSPS) is 11.2. The van der Waals surface area contributed by atoms with E-state index in [2.05, 4.69) is 26.0 Å². The first-order valence-electron chi connectivity index (χ1n) is 14.7. The third-order valence-corrected chi connectivity index (χ3v) is 6.22. The number of carboxylic acid groups (broad SMARTS) is 2. The Morgan fingerprint density at radius 2 is 0.973 bits per heavy atom. The Morgan fingerprint density at radius 1 is 0.595 bits per heavy atom. The molecule has 0 aromatic rings. The number of aliphatic hydroxyl groups is 1. The van der Waals surface area contributed by atoms with Gasteiger partial charge in [0.1, 0.15) is 0 Å². The standard InChI is InChI=1S/C18H34O3.C12H24O2.Ca.Na.3H/c1-2-3-4-11-14-17(19)15-12-9-7-5-6-8-10-13-16-18(20)21;1-2-3-4-5-6-7-8-9-10-11-12(13)14;;;;;/h9,12,17,19H,2-8,10-11,13-16H2,1H3,(H,20,21);2-11H2,1H3,(H,13,14);;;;;/b12-9-;;;;;;. The van der Waals surface area contributed by atoms with Crippen LogP contribution >= 0.6 is 0 Å². The van der Waals surface area contributed by atoms with E-state index in [-0.39, 0.29) is 73.4 Å². The van der Waals surface area contributed by atoms with Gasteiger partial charge < -0.3 is 15.3 Å². The van der Waals surface area contributed by atoms with Gasteiger partial charge in [-0.15, -0.1) is 0 Å². The summed E-state index contributed by atoms with van der Waals surface area (Å²) < 4.78 is 0. The summed E-state index contributed by atoms with van der Waals surface area (Å²) in [4.78, 5) is 20.5. The summed E-state index contributed by atoms with van der Waals surface area (Å²) in [5.41, 5.74) is 0. The molecule has 0 saturated heterocycles. The molecule has 0 aromatic carbocycles. The molecule has 0 aliphatic carbocycles. The Bertz CT molecular complexity index is 489. The number of carboxylic acids is 2. The van der Waals surface area contributed by atoms with Crippen molar-refractivity contribution in [1.29, 1.82) is 0 Å². The van der Waals surface area contributed by atoms with Crippen LogP contribution in [0.3, 0.4) is 0 Å². The fourth-order valence-corrected chi connectivity index (χ4v) is 3.95. The Morgan fingerprint density at radius 3 is 1.41 bits per heavy atom. The molecule has 0 heterocycles. The molecule has 0 fully saturated rings. The summed E-state index contributed by atoms with van der Waals surface area (Å²) in [5.74, 6) is -1.35. The van der Waals surface area contributed by atoms with Gasteiger partial charge in [0.15, 0.2) is 0 Å². The van der Waals surface area contributed by atoms with Gasteiger partial charge in [-0.25, -0.2) is 0 Å². The summed E-state index contributed by atoms with van der Waals surface area (Å²) >= 11 is 0. The zero-order valence-corrected chi connectivity index (χ0v) is 23.2. The predicted molar refractivity (Wildman–Crippen MR) is 164 cm³/mol. The van der Waals surface area contributed by atoms with Crippen molar-refractivity contribution in [2.45, 2.75) is 168 Å². The number of unbranched alkanes of at least 4 members (excludes halogenated alkanes) is 16. The number of aliphatic carboxylic acids is 2. The molecule has 0 aliphatic heterocycles. The third-order valence-electron chi connectivity index (χ3n) is 6.22. The van der Waals surface area contributed by atoms with Crippen molar-refractivity contribution >= 4 is 79.2 Å². The van der Waals surface area contributed by atoms with E-state index >= 15 is 0 Å². The van der Waals surface area contributed by atoms with Crippen molar-refractivity contribution in [3.05, 3.63) is 12.2 Å². The van der Waals surface area contributed by atoms with Crippen molar-refractivity contribution in [2.24, 2.45) is 0 Å². The zero-order chi connectivity index (χ0) is 26.4. The summed E-state index contributed by atoms with van der Waals surface area (Å²) in [6.07, 6.45) is 28.8. The first kappa shape index (κ1) is 44.9. The van der Waals surface area contributed by atoms with E-state index in [0.29, 0.717) is 12.8 Å². The number of allylic oxidation sites excluding steroid dienone is 1. The van der Waals surface area contributed by atoms with Crippen LogP contribution in [0.1, 0.15) is 162 Å². The van der Waals surface area contributed by atoms with Gasteiger partial charge in [0.2, 0.25) is 0 Å². The molecule has 5 nitrogen and oxygen atoms in total. The molecule has 0 rings (SSSR count). The third kappa shape index (κ3) is 47.1. The van der Waals surface area contributed by atoms with E-state index < -0.39 is 11.9 Å². The van der Waals surface area contributed by atoms with Gasteiger partial charge >= 0.3 is 79.2 Å². The van der Waals surface area contributed by atoms with Gasteiger partial charge in [0.05, 0.1) is 6.10 Å². The summed E-state index contributed by atoms with van der Waals surface area (Å²) in [7, 11) is 0. The van der Waals surface area contributed by atoms with Crippen molar-refractivity contribution in [1.82, 2.24) is 0 Å². The fourth-order valence-electron chi connectivity index (χ4n) is 3.95. The van der Waals surface area contributed by atoms with Gasteiger partial charge in [-0.2, -0.15) is 0 Å². The quantitative estimate of drug-likeness (QED) is 0.0606. The zero-order valence-electron chi connectivity index (χ0n) is 23.2. The second-order valence-corrected chi connectivity index (χ2v) is 9.88. The molecule has 0 aromatic heterocycles. The van der Waals surface area contributed by atoms with E-state index in [0.717, 1.165) is 64.2 Å².